The molecule has 15 heavy (non-hydrogen) atoms. The molecule has 0 heteroatoms. The largest absolute Gasteiger partial charge is 0.0625 e. The Morgan fingerprint density at radius 3 is 2.47 bits per heavy atom. The van der Waals surface area contributed by atoms with Crippen molar-refractivity contribution < 1.29 is 0 Å². The van der Waals surface area contributed by atoms with Crippen molar-refractivity contribution in [3.05, 3.63) is 42.3 Å². The highest BCUT2D eigenvalue weighted by molar-refractivity contribution is 5.23. The molecule has 0 saturated heterocycles. The van der Waals surface area contributed by atoms with Crippen molar-refractivity contribution in [3.8, 4) is 0 Å². The molecule has 1 fully saturated rings. The van der Waals surface area contributed by atoms with Crippen LogP contribution in [-0.4, -0.2) is 0 Å². The zero-order valence-electron chi connectivity index (χ0n) is 9.82. The van der Waals surface area contributed by atoms with Gasteiger partial charge in [0.1, 0.15) is 0 Å². The second-order valence-electron chi connectivity index (χ2n) is 5.14. The first-order chi connectivity index (χ1) is 7.25. The van der Waals surface area contributed by atoms with E-state index in [1.165, 1.54) is 24.8 Å². The molecule has 81 valence electrons. The Hall–Kier alpha value is -0.780. The van der Waals surface area contributed by atoms with Gasteiger partial charge >= 0.3 is 0 Å². The van der Waals surface area contributed by atoms with Crippen molar-refractivity contribution in [1.82, 2.24) is 0 Å². The Balaban J connectivity index is 1.95. The molecule has 0 bridgehead atoms. The molecule has 1 aliphatic rings. The smallest absolute Gasteiger partial charge is 0.00595 e. The van der Waals surface area contributed by atoms with Crippen LogP contribution in [0.4, 0.5) is 0 Å². The average molecular weight is 201 g/mol. The lowest BCUT2D eigenvalue weighted by Crippen LogP contribution is -2.22. The minimum absolute atomic E-state index is 0.795. The van der Waals surface area contributed by atoms with Crippen molar-refractivity contribution in [2.75, 3.05) is 0 Å². The summed E-state index contributed by atoms with van der Waals surface area (Å²) in [7, 11) is 0. The van der Waals surface area contributed by atoms with Crippen LogP contribution in [0.25, 0.3) is 0 Å². The van der Waals surface area contributed by atoms with Gasteiger partial charge in [0.2, 0.25) is 0 Å². The van der Waals surface area contributed by atoms with Crippen molar-refractivity contribution in [2.45, 2.75) is 33.1 Å². The summed E-state index contributed by atoms with van der Waals surface area (Å²) >= 11 is 0. The lowest BCUT2D eigenvalue weighted by molar-refractivity contribution is 0.232. The summed E-state index contributed by atoms with van der Waals surface area (Å²) in [6.45, 7) is 4.79. The topological polar surface area (TPSA) is 0 Å². The van der Waals surface area contributed by atoms with Gasteiger partial charge in [0, 0.05) is 0 Å². The van der Waals surface area contributed by atoms with Crippen LogP contribution in [0, 0.1) is 24.2 Å². The summed E-state index contributed by atoms with van der Waals surface area (Å²) < 4.78 is 0. The molecule has 0 aromatic heterocycles. The molecule has 0 N–H and O–H groups in total. The van der Waals surface area contributed by atoms with Gasteiger partial charge in [-0.25, -0.2) is 0 Å². The summed E-state index contributed by atoms with van der Waals surface area (Å²) in [5.41, 5.74) is 1.39. The van der Waals surface area contributed by atoms with Gasteiger partial charge < -0.3 is 0 Å². The van der Waals surface area contributed by atoms with Crippen molar-refractivity contribution in [1.29, 1.82) is 0 Å². The van der Waals surface area contributed by atoms with Crippen LogP contribution < -0.4 is 0 Å². The van der Waals surface area contributed by atoms with E-state index in [-0.39, 0.29) is 0 Å². The average Bonchev–Trinajstić information content (AvgIpc) is 2.24. The quantitative estimate of drug-likeness (QED) is 0.669. The van der Waals surface area contributed by atoms with E-state index in [0.29, 0.717) is 0 Å². The Kier molecular flexibility index (Phi) is 3.45. The Labute approximate surface area is 93.7 Å². The van der Waals surface area contributed by atoms with Gasteiger partial charge in [-0.2, -0.15) is 0 Å². The predicted octanol–water partition coefficient (Wildman–Crippen LogP) is 4.31. The summed E-state index contributed by atoms with van der Waals surface area (Å²) in [6.07, 6.45) is 6.64. The fourth-order valence-electron chi connectivity index (χ4n) is 2.75. The van der Waals surface area contributed by atoms with E-state index in [1.54, 1.807) is 0 Å². The first-order valence-electron chi connectivity index (χ1n) is 6.15. The first kappa shape index (κ1) is 10.7. The molecule has 0 heterocycles. The number of hydrogen-bond acceptors (Lipinski definition) is 0. The minimum Gasteiger partial charge on any atom is -0.0625 e. The molecule has 0 nitrogen and oxygen atoms in total. The molecule has 3 atom stereocenters. The molecule has 1 aromatic carbocycles. The van der Waals surface area contributed by atoms with E-state index in [0.717, 1.165) is 17.8 Å². The van der Waals surface area contributed by atoms with E-state index in [9.17, 15) is 0 Å². The summed E-state index contributed by atoms with van der Waals surface area (Å²) in [5, 5.41) is 0. The van der Waals surface area contributed by atoms with Crippen LogP contribution >= 0.6 is 0 Å². The van der Waals surface area contributed by atoms with Crippen LogP contribution in [0.1, 0.15) is 38.7 Å². The number of benzene rings is 1. The minimum atomic E-state index is 0.795. The normalized spacial score (nSPS) is 31.5. The van der Waals surface area contributed by atoms with Crippen LogP contribution in [0.2, 0.25) is 0 Å². The van der Waals surface area contributed by atoms with E-state index in [2.05, 4.69) is 50.6 Å². The van der Waals surface area contributed by atoms with Gasteiger partial charge in [0.15, 0.2) is 0 Å². The zero-order chi connectivity index (χ0) is 10.7. The fraction of sp³-hybridized carbons (Fsp3) is 0.533. The SMILES string of the molecule is CC1CCC([CH]c2ccccc2)C(C)C1. The molecule has 0 spiro atoms. The van der Waals surface area contributed by atoms with E-state index in [4.69, 9.17) is 0 Å². The molecule has 1 aliphatic carbocycles. The highest BCUT2D eigenvalue weighted by Crippen LogP contribution is 2.36. The second kappa shape index (κ2) is 4.83. The predicted molar refractivity (Wildman–Crippen MR) is 65.5 cm³/mol. The van der Waals surface area contributed by atoms with E-state index in [1.807, 2.05) is 0 Å². The van der Waals surface area contributed by atoms with Crippen LogP contribution in [-0.2, 0) is 0 Å². The van der Waals surface area contributed by atoms with Gasteiger partial charge in [-0.15, -0.1) is 0 Å². The number of rotatable bonds is 2. The highest BCUT2D eigenvalue weighted by atomic mass is 14.3. The molecule has 0 amide bonds. The molecule has 3 unspecified atom stereocenters. The van der Waals surface area contributed by atoms with Crippen molar-refractivity contribution in [2.24, 2.45) is 17.8 Å². The molecule has 1 saturated carbocycles. The van der Waals surface area contributed by atoms with E-state index < -0.39 is 0 Å². The maximum Gasteiger partial charge on any atom is -0.00595 e. The van der Waals surface area contributed by atoms with Gasteiger partial charge in [0.25, 0.3) is 0 Å². The third-order valence-corrected chi connectivity index (χ3v) is 3.70. The molecule has 1 radical (unpaired) electrons. The first-order valence-corrected chi connectivity index (χ1v) is 6.15. The monoisotopic (exact) mass is 201 g/mol. The zero-order valence-corrected chi connectivity index (χ0v) is 9.82. The standard InChI is InChI=1S/C15H21/c1-12-8-9-15(13(2)10-12)11-14-6-4-3-5-7-14/h3-7,11-13,15H,8-10H2,1-2H3. The maximum atomic E-state index is 2.47. The molecule has 2 rings (SSSR count). The van der Waals surface area contributed by atoms with Crippen LogP contribution in [0.5, 0.6) is 0 Å². The van der Waals surface area contributed by atoms with Crippen LogP contribution in [0.15, 0.2) is 30.3 Å². The summed E-state index contributed by atoms with van der Waals surface area (Å²) in [6, 6.07) is 10.8. The third kappa shape index (κ3) is 2.84. The molecule has 0 aliphatic heterocycles. The van der Waals surface area contributed by atoms with Gasteiger partial charge in [-0.3, -0.25) is 0 Å². The lowest BCUT2D eigenvalue weighted by atomic mass is 9.73. The van der Waals surface area contributed by atoms with Crippen molar-refractivity contribution in [3.63, 3.8) is 0 Å². The summed E-state index contributed by atoms with van der Waals surface area (Å²) in [4.78, 5) is 0. The lowest BCUT2D eigenvalue weighted by Gasteiger charge is -2.32. The third-order valence-electron chi connectivity index (χ3n) is 3.70. The van der Waals surface area contributed by atoms with Crippen LogP contribution in [0.3, 0.4) is 0 Å². The number of hydrogen-bond donors (Lipinski definition) is 0. The maximum absolute atomic E-state index is 2.47. The Morgan fingerprint density at radius 1 is 1.07 bits per heavy atom. The van der Waals surface area contributed by atoms with Gasteiger partial charge in [-0.1, -0.05) is 50.6 Å². The van der Waals surface area contributed by atoms with E-state index >= 15 is 0 Å². The Morgan fingerprint density at radius 2 is 1.80 bits per heavy atom. The molecular weight excluding hydrogens is 180 g/mol. The van der Waals surface area contributed by atoms with Gasteiger partial charge in [0.05, 0.1) is 0 Å². The van der Waals surface area contributed by atoms with Crippen molar-refractivity contribution >= 4 is 0 Å². The highest BCUT2D eigenvalue weighted by Gasteiger charge is 2.25. The summed E-state index contributed by atoms with van der Waals surface area (Å²) in [5.74, 6) is 2.58. The Bertz CT molecular complexity index is 288. The fourth-order valence-corrected chi connectivity index (χ4v) is 2.75. The second-order valence-corrected chi connectivity index (χ2v) is 5.14. The van der Waals surface area contributed by atoms with Gasteiger partial charge in [-0.05, 0) is 42.6 Å². The molecular formula is C15H21. The molecule has 1 aromatic rings.